The minimum absolute atomic E-state index is 0.302. The van der Waals surface area contributed by atoms with Crippen molar-refractivity contribution < 1.29 is 14.6 Å². The molecule has 0 aromatic heterocycles. The van der Waals surface area contributed by atoms with Gasteiger partial charge in [-0.05, 0) is 54.9 Å². The van der Waals surface area contributed by atoms with Crippen LogP contribution in [0.25, 0.3) is 0 Å². The van der Waals surface area contributed by atoms with Gasteiger partial charge in [-0.2, -0.15) is 0 Å². The van der Waals surface area contributed by atoms with E-state index in [2.05, 4.69) is 12.1 Å². The fraction of sp³-hybridized carbons (Fsp3) is 0.611. The Morgan fingerprint density at radius 3 is 3.00 bits per heavy atom. The second kappa shape index (κ2) is 4.33. The predicted molar refractivity (Wildman–Crippen MR) is 79.5 cm³/mol. The van der Waals surface area contributed by atoms with Crippen LogP contribution in [0.15, 0.2) is 18.2 Å². The summed E-state index contributed by atoms with van der Waals surface area (Å²) in [5.74, 6) is 1.43. The van der Waals surface area contributed by atoms with E-state index in [0.717, 1.165) is 31.4 Å². The first kappa shape index (κ1) is 13.3. The van der Waals surface area contributed by atoms with Crippen molar-refractivity contribution >= 4 is 5.78 Å². The van der Waals surface area contributed by atoms with Gasteiger partial charge in [0.05, 0.1) is 12.7 Å². The van der Waals surface area contributed by atoms with E-state index < -0.39 is 5.60 Å². The molecule has 0 amide bonds. The molecule has 0 saturated heterocycles. The summed E-state index contributed by atoms with van der Waals surface area (Å²) in [5, 5.41) is 11.5. The summed E-state index contributed by atoms with van der Waals surface area (Å²) in [4.78, 5) is 12.2. The molecule has 1 N–H and O–H groups in total. The largest absolute Gasteiger partial charge is 0.497 e. The lowest BCUT2D eigenvalue weighted by molar-refractivity contribution is -0.159. The van der Waals surface area contributed by atoms with Crippen LogP contribution in [0.5, 0.6) is 5.75 Å². The van der Waals surface area contributed by atoms with E-state index in [1.165, 1.54) is 11.1 Å². The highest BCUT2D eigenvalue weighted by molar-refractivity contribution is 5.82. The highest BCUT2D eigenvalue weighted by atomic mass is 16.5. The molecule has 3 unspecified atom stereocenters. The van der Waals surface area contributed by atoms with Crippen LogP contribution in [0.1, 0.15) is 49.7 Å². The van der Waals surface area contributed by atoms with Gasteiger partial charge in [-0.15, -0.1) is 0 Å². The zero-order valence-electron chi connectivity index (χ0n) is 12.5. The lowest BCUT2D eigenvalue weighted by Gasteiger charge is -2.60. The van der Waals surface area contributed by atoms with Gasteiger partial charge >= 0.3 is 0 Å². The van der Waals surface area contributed by atoms with Crippen molar-refractivity contribution in [2.24, 2.45) is 5.92 Å². The van der Waals surface area contributed by atoms with E-state index in [-0.39, 0.29) is 5.41 Å². The zero-order valence-corrected chi connectivity index (χ0v) is 12.5. The summed E-state index contributed by atoms with van der Waals surface area (Å²) >= 11 is 0. The molecule has 0 heterocycles. The van der Waals surface area contributed by atoms with Gasteiger partial charge in [0.15, 0.2) is 0 Å². The van der Waals surface area contributed by atoms with Gasteiger partial charge in [0.2, 0.25) is 0 Å². The van der Waals surface area contributed by atoms with Crippen LogP contribution < -0.4 is 4.74 Å². The number of Topliss-reactive ketones (excluding diaryl/α,β-unsaturated/α-hetero) is 1. The molecule has 3 aliphatic carbocycles. The van der Waals surface area contributed by atoms with Crippen molar-refractivity contribution in [3.8, 4) is 5.75 Å². The fourth-order valence-corrected chi connectivity index (χ4v) is 5.24. The van der Waals surface area contributed by atoms with Gasteiger partial charge in [0, 0.05) is 18.3 Å². The Kier molecular flexibility index (Phi) is 2.74. The molecule has 1 aromatic rings. The minimum atomic E-state index is -0.696. The number of carbonyl (C=O) groups excluding carboxylic acids is 1. The molecule has 2 saturated carbocycles. The summed E-state index contributed by atoms with van der Waals surface area (Å²) in [6, 6.07) is 6.20. The van der Waals surface area contributed by atoms with Crippen LogP contribution >= 0.6 is 0 Å². The van der Waals surface area contributed by atoms with Gasteiger partial charge in [-0.3, -0.25) is 4.79 Å². The number of carbonyl (C=O) groups is 1. The Morgan fingerprint density at radius 2 is 2.19 bits per heavy atom. The van der Waals surface area contributed by atoms with E-state index in [4.69, 9.17) is 4.74 Å². The first-order valence-corrected chi connectivity index (χ1v) is 8.00. The van der Waals surface area contributed by atoms with Crippen LogP contribution in [0.3, 0.4) is 0 Å². The van der Waals surface area contributed by atoms with Crippen LogP contribution in [0, 0.1) is 5.92 Å². The average Bonchev–Trinajstić information content (AvgIpc) is 2.47. The van der Waals surface area contributed by atoms with Crippen LogP contribution in [0.4, 0.5) is 0 Å². The van der Waals surface area contributed by atoms with Crippen molar-refractivity contribution in [1.29, 1.82) is 0 Å². The van der Waals surface area contributed by atoms with Gasteiger partial charge in [0.1, 0.15) is 11.5 Å². The molecule has 112 valence electrons. The number of aliphatic hydroxyl groups is 1. The second-order valence-electron chi connectivity index (χ2n) is 7.04. The van der Waals surface area contributed by atoms with E-state index in [1.54, 1.807) is 7.11 Å². The molecule has 1 aromatic carbocycles. The summed E-state index contributed by atoms with van der Waals surface area (Å²) in [6.45, 7) is 0. The topological polar surface area (TPSA) is 46.5 Å². The molecular formula is C18H22O3. The van der Waals surface area contributed by atoms with E-state index in [0.29, 0.717) is 31.0 Å². The number of ketones is 1. The molecule has 3 heteroatoms. The number of hydrogen-bond donors (Lipinski definition) is 1. The molecule has 21 heavy (non-hydrogen) atoms. The first-order valence-electron chi connectivity index (χ1n) is 8.00. The second-order valence-corrected chi connectivity index (χ2v) is 7.04. The minimum Gasteiger partial charge on any atom is -0.497 e. The average molecular weight is 286 g/mol. The van der Waals surface area contributed by atoms with Crippen molar-refractivity contribution in [3.05, 3.63) is 29.3 Å². The Morgan fingerprint density at radius 1 is 1.33 bits per heavy atom. The van der Waals surface area contributed by atoms with E-state index in [1.807, 2.05) is 6.07 Å². The van der Waals surface area contributed by atoms with Crippen molar-refractivity contribution in [3.63, 3.8) is 0 Å². The highest BCUT2D eigenvalue weighted by Crippen LogP contribution is 2.60. The maximum absolute atomic E-state index is 12.2. The normalized spacial score (nSPS) is 37.6. The summed E-state index contributed by atoms with van der Waals surface area (Å²) < 4.78 is 5.39. The smallest absolute Gasteiger partial charge is 0.134 e. The third-order valence-corrected chi connectivity index (χ3v) is 6.24. The number of fused-ring (bicyclic) bond motifs is 1. The number of benzene rings is 1. The van der Waals surface area contributed by atoms with Crippen molar-refractivity contribution in [2.45, 2.75) is 56.0 Å². The fourth-order valence-electron chi connectivity index (χ4n) is 5.24. The monoisotopic (exact) mass is 286 g/mol. The summed E-state index contributed by atoms with van der Waals surface area (Å²) in [5.41, 5.74) is 1.42. The van der Waals surface area contributed by atoms with Crippen LogP contribution in [0.2, 0.25) is 0 Å². The van der Waals surface area contributed by atoms with Crippen LogP contribution in [-0.4, -0.2) is 23.6 Å². The number of methoxy groups -OCH3 is 1. The third kappa shape index (κ3) is 1.61. The van der Waals surface area contributed by atoms with Gasteiger partial charge in [-0.25, -0.2) is 0 Å². The Balaban J connectivity index is 1.95. The lowest BCUT2D eigenvalue weighted by Crippen LogP contribution is -2.64. The molecule has 3 nitrogen and oxygen atoms in total. The first-order chi connectivity index (χ1) is 10.1. The van der Waals surface area contributed by atoms with E-state index in [9.17, 15) is 9.90 Å². The molecule has 2 fully saturated rings. The molecule has 2 bridgehead atoms. The van der Waals surface area contributed by atoms with Crippen LogP contribution in [-0.2, 0) is 16.6 Å². The van der Waals surface area contributed by atoms with Gasteiger partial charge in [-0.1, -0.05) is 12.5 Å². The molecule has 0 aliphatic heterocycles. The maximum atomic E-state index is 12.2. The Labute approximate surface area is 125 Å². The maximum Gasteiger partial charge on any atom is 0.134 e. The molecule has 3 atom stereocenters. The number of ether oxygens (including phenoxy) is 1. The quantitative estimate of drug-likeness (QED) is 0.863. The Bertz CT molecular complexity index is 608. The summed E-state index contributed by atoms with van der Waals surface area (Å²) in [7, 11) is 1.67. The number of hydrogen-bond acceptors (Lipinski definition) is 3. The third-order valence-electron chi connectivity index (χ3n) is 6.24. The zero-order chi connectivity index (χ0) is 14.7. The van der Waals surface area contributed by atoms with Gasteiger partial charge in [0.25, 0.3) is 0 Å². The molecular weight excluding hydrogens is 264 g/mol. The summed E-state index contributed by atoms with van der Waals surface area (Å²) in [6.07, 6.45) is 5.72. The Hall–Kier alpha value is -1.35. The lowest BCUT2D eigenvalue weighted by atomic mass is 9.46. The standard InChI is InChI=1S/C18H22O3/c1-21-15-5-4-12-9-13-3-2-7-17(16(12)10-15)11-14(19)6-8-18(13,17)20/h4-5,10,13,20H,2-3,6-9,11H2,1H3. The molecule has 0 spiro atoms. The molecule has 0 radical (unpaired) electrons. The van der Waals surface area contributed by atoms with E-state index >= 15 is 0 Å². The number of rotatable bonds is 1. The SMILES string of the molecule is COc1ccc2c(c1)C13CCCC(C2)C1(O)CCC(=O)C3. The van der Waals surface area contributed by atoms with Crippen molar-refractivity contribution in [1.82, 2.24) is 0 Å². The molecule has 3 aliphatic rings. The van der Waals surface area contributed by atoms with Crippen molar-refractivity contribution in [2.75, 3.05) is 7.11 Å². The predicted octanol–water partition coefficient (Wildman–Crippen LogP) is 2.77. The van der Waals surface area contributed by atoms with Gasteiger partial charge < -0.3 is 9.84 Å². The highest BCUT2D eigenvalue weighted by Gasteiger charge is 2.62. The molecule has 4 rings (SSSR count).